The lowest BCUT2D eigenvalue weighted by Crippen LogP contribution is -2.40. The quantitative estimate of drug-likeness (QED) is 0.475. The van der Waals surface area contributed by atoms with Gasteiger partial charge in [-0.05, 0) is 41.5 Å². The molecule has 1 fully saturated rings. The second kappa shape index (κ2) is 7.53. The van der Waals surface area contributed by atoms with E-state index in [1.807, 2.05) is 66.7 Å². The topological polar surface area (TPSA) is 84.7 Å². The zero-order valence-electron chi connectivity index (χ0n) is 17.7. The van der Waals surface area contributed by atoms with E-state index < -0.39 is 11.6 Å². The molecule has 160 valence electrons. The number of amides is 3. The van der Waals surface area contributed by atoms with Crippen molar-refractivity contribution in [3.63, 3.8) is 0 Å². The molecule has 0 unspecified atom stereocenters. The van der Waals surface area contributed by atoms with Crippen LogP contribution in [-0.2, 0) is 16.9 Å². The normalized spacial score (nSPS) is 18.2. The van der Waals surface area contributed by atoms with E-state index in [-0.39, 0.29) is 12.5 Å². The van der Waals surface area contributed by atoms with Crippen LogP contribution in [0, 0.1) is 0 Å². The number of ether oxygens (including phenoxy) is 1. The van der Waals surface area contributed by atoms with Crippen LogP contribution in [0.4, 0.5) is 4.79 Å². The van der Waals surface area contributed by atoms with E-state index in [0.717, 1.165) is 22.1 Å². The fourth-order valence-electron chi connectivity index (χ4n) is 3.98. The van der Waals surface area contributed by atoms with Crippen LogP contribution < -0.4 is 10.1 Å². The van der Waals surface area contributed by atoms with E-state index in [9.17, 15) is 9.59 Å². The Morgan fingerprint density at radius 2 is 1.75 bits per heavy atom. The molecule has 1 saturated heterocycles. The number of nitrogens with one attached hydrogen (secondary N) is 1. The first kappa shape index (κ1) is 19.8. The highest BCUT2D eigenvalue weighted by atomic mass is 16.5. The van der Waals surface area contributed by atoms with E-state index >= 15 is 0 Å². The number of nitrogens with zero attached hydrogens (tertiary/aromatic N) is 2. The first-order valence-corrected chi connectivity index (χ1v) is 10.2. The molecule has 0 spiro atoms. The van der Waals surface area contributed by atoms with E-state index in [2.05, 4.69) is 10.5 Å². The van der Waals surface area contributed by atoms with Crippen LogP contribution in [0.2, 0.25) is 0 Å². The molecule has 1 aliphatic heterocycles. The van der Waals surface area contributed by atoms with E-state index in [1.165, 1.54) is 4.90 Å². The molecule has 4 aromatic rings. The molecule has 0 bridgehead atoms. The van der Waals surface area contributed by atoms with Gasteiger partial charge in [0, 0.05) is 11.6 Å². The van der Waals surface area contributed by atoms with Gasteiger partial charge in [-0.2, -0.15) is 0 Å². The lowest BCUT2D eigenvalue weighted by atomic mass is 9.90. The molecule has 7 nitrogen and oxygen atoms in total. The van der Waals surface area contributed by atoms with Gasteiger partial charge in [-0.15, -0.1) is 0 Å². The van der Waals surface area contributed by atoms with Crippen molar-refractivity contribution in [1.29, 1.82) is 0 Å². The number of hydrogen-bond acceptors (Lipinski definition) is 5. The maximum Gasteiger partial charge on any atom is 0.325 e. The van der Waals surface area contributed by atoms with Gasteiger partial charge in [0.2, 0.25) is 0 Å². The molecule has 0 saturated carbocycles. The van der Waals surface area contributed by atoms with Gasteiger partial charge in [0.05, 0.1) is 13.7 Å². The molecule has 7 heteroatoms. The van der Waals surface area contributed by atoms with Gasteiger partial charge in [-0.1, -0.05) is 53.7 Å². The maximum absolute atomic E-state index is 13.3. The van der Waals surface area contributed by atoms with Gasteiger partial charge in [0.25, 0.3) is 5.91 Å². The highest BCUT2D eigenvalue weighted by Gasteiger charge is 2.49. The molecule has 1 atom stereocenters. The first-order chi connectivity index (χ1) is 15.5. The van der Waals surface area contributed by atoms with Crippen molar-refractivity contribution in [2.45, 2.75) is 19.0 Å². The van der Waals surface area contributed by atoms with Crippen LogP contribution in [-0.4, -0.2) is 29.1 Å². The zero-order chi connectivity index (χ0) is 22.3. The minimum absolute atomic E-state index is 0.0291. The van der Waals surface area contributed by atoms with Crippen molar-refractivity contribution in [2.24, 2.45) is 0 Å². The van der Waals surface area contributed by atoms with Gasteiger partial charge < -0.3 is 14.6 Å². The Hall–Kier alpha value is -4.13. The SMILES string of the molecule is COc1ccc2cc([C@]3(C)NC(=O)N(Cc4cc(-c5ccccc5)on4)C3=O)ccc2c1. The second-order valence-electron chi connectivity index (χ2n) is 7.92. The number of fused-ring (bicyclic) bond motifs is 1. The summed E-state index contributed by atoms with van der Waals surface area (Å²) in [5, 5.41) is 8.83. The van der Waals surface area contributed by atoms with Crippen molar-refractivity contribution in [3.8, 4) is 17.1 Å². The number of urea groups is 1. The Labute approximate surface area is 184 Å². The highest BCUT2D eigenvalue weighted by molar-refractivity contribution is 6.07. The van der Waals surface area contributed by atoms with Crippen LogP contribution >= 0.6 is 0 Å². The molecule has 0 aliphatic carbocycles. The van der Waals surface area contributed by atoms with Crippen molar-refractivity contribution in [3.05, 3.63) is 84.1 Å². The number of imide groups is 1. The Morgan fingerprint density at radius 3 is 2.53 bits per heavy atom. The van der Waals surface area contributed by atoms with Crippen LogP contribution in [0.5, 0.6) is 5.75 Å². The third-order valence-corrected chi connectivity index (χ3v) is 5.84. The first-order valence-electron chi connectivity index (χ1n) is 10.2. The minimum atomic E-state index is -1.17. The third-order valence-electron chi connectivity index (χ3n) is 5.84. The fraction of sp³-hybridized carbons (Fsp3) is 0.160. The fourth-order valence-corrected chi connectivity index (χ4v) is 3.98. The molecule has 3 amide bonds. The highest BCUT2D eigenvalue weighted by Crippen LogP contribution is 2.33. The van der Waals surface area contributed by atoms with Crippen LogP contribution in [0.3, 0.4) is 0 Å². The van der Waals surface area contributed by atoms with Gasteiger partial charge in [-0.25, -0.2) is 4.79 Å². The lowest BCUT2D eigenvalue weighted by molar-refractivity contribution is -0.131. The summed E-state index contributed by atoms with van der Waals surface area (Å²) >= 11 is 0. The second-order valence-corrected chi connectivity index (χ2v) is 7.92. The van der Waals surface area contributed by atoms with Crippen molar-refractivity contribution >= 4 is 22.7 Å². The summed E-state index contributed by atoms with van der Waals surface area (Å²) < 4.78 is 10.7. The summed E-state index contributed by atoms with van der Waals surface area (Å²) in [6.45, 7) is 1.75. The smallest absolute Gasteiger partial charge is 0.325 e. The molecule has 1 N–H and O–H groups in total. The summed E-state index contributed by atoms with van der Waals surface area (Å²) in [5.41, 5.74) is 0.918. The summed E-state index contributed by atoms with van der Waals surface area (Å²) in [7, 11) is 1.62. The van der Waals surface area contributed by atoms with Gasteiger partial charge in [-0.3, -0.25) is 9.69 Å². The van der Waals surface area contributed by atoms with E-state index in [4.69, 9.17) is 9.26 Å². The lowest BCUT2D eigenvalue weighted by Gasteiger charge is -2.22. The molecule has 0 radical (unpaired) electrons. The molecule has 3 aromatic carbocycles. The molecular weight excluding hydrogens is 406 g/mol. The predicted octanol–water partition coefficient (Wildman–Crippen LogP) is 4.47. The van der Waals surface area contributed by atoms with Crippen molar-refractivity contribution in [1.82, 2.24) is 15.4 Å². The van der Waals surface area contributed by atoms with Crippen LogP contribution in [0.1, 0.15) is 18.2 Å². The average molecular weight is 427 g/mol. The number of rotatable bonds is 5. The molecule has 1 aromatic heterocycles. The summed E-state index contributed by atoms with van der Waals surface area (Å²) in [6, 6.07) is 22.2. The number of benzene rings is 3. The Bertz CT molecular complexity index is 1330. The molecule has 5 rings (SSSR count). The Balaban J connectivity index is 1.41. The number of carbonyl (C=O) groups excluding carboxylic acids is 2. The summed E-state index contributed by atoms with van der Waals surface area (Å²) in [5.74, 6) is 1.01. The van der Waals surface area contributed by atoms with Gasteiger partial charge in [0.1, 0.15) is 17.0 Å². The van der Waals surface area contributed by atoms with Gasteiger partial charge in [0.15, 0.2) is 5.76 Å². The number of hydrogen-bond donors (Lipinski definition) is 1. The number of carbonyl (C=O) groups is 2. The molecule has 32 heavy (non-hydrogen) atoms. The van der Waals surface area contributed by atoms with Crippen molar-refractivity contribution in [2.75, 3.05) is 7.11 Å². The third kappa shape index (κ3) is 3.28. The average Bonchev–Trinajstić information content (AvgIpc) is 3.38. The molecule has 1 aliphatic rings. The Morgan fingerprint density at radius 1 is 1.00 bits per heavy atom. The van der Waals surface area contributed by atoms with Gasteiger partial charge >= 0.3 is 6.03 Å². The minimum Gasteiger partial charge on any atom is -0.497 e. The number of aromatic nitrogens is 1. The zero-order valence-corrected chi connectivity index (χ0v) is 17.7. The number of methoxy groups -OCH3 is 1. The van der Waals surface area contributed by atoms with Crippen LogP contribution in [0.25, 0.3) is 22.1 Å². The molecule has 2 heterocycles. The molecular formula is C25H21N3O4. The largest absolute Gasteiger partial charge is 0.497 e. The van der Waals surface area contributed by atoms with E-state index in [1.54, 1.807) is 20.1 Å². The predicted molar refractivity (Wildman–Crippen MR) is 119 cm³/mol. The Kier molecular flexibility index (Phi) is 4.66. The summed E-state index contributed by atoms with van der Waals surface area (Å²) in [6.07, 6.45) is 0. The standard InChI is InChI=1S/C25H21N3O4/c1-25(19-10-8-18-13-21(31-2)11-9-17(18)12-19)23(29)28(24(30)26-25)15-20-14-22(32-27-20)16-6-4-3-5-7-16/h3-14H,15H2,1-2H3,(H,26,30)/t25-/m0/s1. The summed E-state index contributed by atoms with van der Waals surface area (Å²) in [4.78, 5) is 27.2. The van der Waals surface area contributed by atoms with Crippen LogP contribution in [0.15, 0.2) is 77.3 Å². The van der Waals surface area contributed by atoms with Crippen molar-refractivity contribution < 1.29 is 18.8 Å². The maximum atomic E-state index is 13.3. The monoisotopic (exact) mass is 427 g/mol. The van der Waals surface area contributed by atoms with E-state index in [0.29, 0.717) is 17.0 Å².